The molecule has 0 amide bonds. The lowest BCUT2D eigenvalue weighted by Crippen LogP contribution is -2.17. The van der Waals surface area contributed by atoms with E-state index in [1.54, 1.807) is 6.20 Å². The van der Waals surface area contributed by atoms with Gasteiger partial charge in [-0.15, -0.1) is 0 Å². The lowest BCUT2D eigenvalue weighted by Gasteiger charge is -2.18. The number of nitriles is 1. The number of nitrogens with one attached hydrogen (secondary N) is 1. The average Bonchev–Trinajstić information content (AvgIpc) is 2.70. The van der Waals surface area contributed by atoms with Crippen molar-refractivity contribution in [1.82, 2.24) is 0 Å². The zero-order valence-electron chi connectivity index (χ0n) is 13.5. The van der Waals surface area contributed by atoms with Crippen LogP contribution in [-0.2, 0) is 4.57 Å². The molecule has 0 unspecified atom stereocenters. The molecule has 0 aliphatic heterocycles. The highest BCUT2D eigenvalue weighted by Gasteiger charge is 2.32. The maximum Gasteiger partial charge on any atom is 0.182 e. The standard InChI is InChI=1S/C21H17N2OP/c22-16-21(17-23-18-10-4-1-5-11-18)25(24,19-12-6-2-7-13-19)20-14-8-3-9-15-20/h1-15,17,23H/b21-17+. The second-order valence-corrected chi connectivity index (χ2v) is 8.17. The first-order valence-corrected chi connectivity index (χ1v) is 9.59. The molecule has 0 heterocycles. The van der Waals surface area contributed by atoms with Crippen molar-refractivity contribution in [1.29, 1.82) is 5.26 Å². The van der Waals surface area contributed by atoms with Crippen LogP contribution in [0.25, 0.3) is 0 Å². The zero-order valence-corrected chi connectivity index (χ0v) is 14.4. The third-order valence-electron chi connectivity index (χ3n) is 3.84. The molecule has 0 saturated carbocycles. The Morgan fingerprint density at radius 2 is 1.24 bits per heavy atom. The fourth-order valence-corrected chi connectivity index (χ4v) is 5.01. The Labute approximate surface area is 147 Å². The SMILES string of the molecule is N#C/C(=C\Nc1ccccc1)P(=O)(c1ccccc1)c1ccccc1. The number of nitrogens with zero attached hydrogens (tertiary/aromatic N) is 1. The molecular weight excluding hydrogens is 327 g/mol. The van der Waals surface area contributed by atoms with Crippen LogP contribution in [0.15, 0.2) is 103 Å². The Hall–Kier alpha value is -3.08. The molecule has 0 aromatic heterocycles. The Bertz CT molecular complexity index is 902. The molecule has 3 aromatic carbocycles. The summed E-state index contributed by atoms with van der Waals surface area (Å²) in [6, 6.07) is 30.0. The van der Waals surface area contributed by atoms with Crippen molar-refractivity contribution in [2.24, 2.45) is 0 Å². The summed E-state index contributed by atoms with van der Waals surface area (Å²) in [5.41, 5.74) is 0.836. The largest absolute Gasteiger partial charge is 0.360 e. The Balaban J connectivity index is 2.11. The Morgan fingerprint density at radius 3 is 1.68 bits per heavy atom. The van der Waals surface area contributed by atoms with Crippen LogP contribution in [0.4, 0.5) is 5.69 Å². The fraction of sp³-hybridized carbons (Fsp3) is 0. The van der Waals surface area contributed by atoms with E-state index < -0.39 is 7.14 Å². The number of anilines is 1. The fourth-order valence-electron chi connectivity index (χ4n) is 2.58. The molecule has 25 heavy (non-hydrogen) atoms. The van der Waals surface area contributed by atoms with Gasteiger partial charge in [-0.1, -0.05) is 78.9 Å². The maximum absolute atomic E-state index is 14.0. The van der Waals surface area contributed by atoms with Gasteiger partial charge in [0.25, 0.3) is 0 Å². The average molecular weight is 344 g/mol. The Kier molecular flexibility index (Phi) is 5.14. The number of allylic oxidation sites excluding steroid dienone is 1. The molecule has 0 spiro atoms. The van der Waals surface area contributed by atoms with Gasteiger partial charge in [0, 0.05) is 22.5 Å². The lowest BCUT2D eigenvalue weighted by atomic mass is 10.3. The molecule has 0 aliphatic rings. The van der Waals surface area contributed by atoms with Crippen molar-refractivity contribution in [3.05, 3.63) is 103 Å². The van der Waals surface area contributed by atoms with Crippen molar-refractivity contribution < 1.29 is 4.57 Å². The quantitative estimate of drug-likeness (QED) is 0.548. The van der Waals surface area contributed by atoms with Crippen molar-refractivity contribution in [3.8, 4) is 6.07 Å². The third kappa shape index (κ3) is 3.55. The maximum atomic E-state index is 14.0. The van der Waals surface area contributed by atoms with E-state index in [0.717, 1.165) is 5.69 Å². The molecule has 122 valence electrons. The highest BCUT2D eigenvalue weighted by Crippen LogP contribution is 2.51. The van der Waals surface area contributed by atoms with Crippen molar-refractivity contribution in [2.75, 3.05) is 5.32 Å². The van der Waals surface area contributed by atoms with Gasteiger partial charge in [-0.25, -0.2) is 0 Å². The molecule has 4 heteroatoms. The molecule has 0 bridgehead atoms. The van der Waals surface area contributed by atoms with Crippen LogP contribution in [-0.4, -0.2) is 0 Å². The summed E-state index contributed by atoms with van der Waals surface area (Å²) in [7, 11) is -3.23. The summed E-state index contributed by atoms with van der Waals surface area (Å²) < 4.78 is 14.0. The van der Waals surface area contributed by atoms with Crippen molar-refractivity contribution in [3.63, 3.8) is 0 Å². The molecule has 0 saturated heterocycles. The second kappa shape index (κ2) is 7.66. The van der Waals surface area contributed by atoms with Crippen LogP contribution < -0.4 is 15.9 Å². The first-order chi connectivity index (χ1) is 12.2. The summed E-state index contributed by atoms with van der Waals surface area (Å²) in [5, 5.41) is 14.3. The van der Waals surface area contributed by atoms with E-state index in [0.29, 0.717) is 10.6 Å². The second-order valence-electron chi connectivity index (χ2n) is 5.43. The number of hydrogen-bond acceptors (Lipinski definition) is 3. The monoisotopic (exact) mass is 344 g/mol. The van der Waals surface area contributed by atoms with Crippen LogP contribution >= 0.6 is 7.14 Å². The molecule has 0 atom stereocenters. The number of benzene rings is 3. The number of hydrogen-bond donors (Lipinski definition) is 1. The predicted octanol–water partition coefficient (Wildman–Crippen LogP) is 4.48. The summed E-state index contributed by atoms with van der Waals surface area (Å²) in [6.07, 6.45) is 1.55. The van der Waals surface area contributed by atoms with E-state index in [2.05, 4.69) is 11.4 Å². The van der Waals surface area contributed by atoms with Gasteiger partial charge in [0.2, 0.25) is 0 Å². The van der Waals surface area contributed by atoms with E-state index in [1.807, 2.05) is 91.0 Å². The van der Waals surface area contributed by atoms with Gasteiger partial charge < -0.3 is 9.88 Å². The summed E-state index contributed by atoms with van der Waals surface area (Å²) in [5.74, 6) is 0. The molecule has 3 rings (SSSR count). The minimum atomic E-state index is -3.23. The van der Waals surface area contributed by atoms with Gasteiger partial charge in [0.1, 0.15) is 11.4 Å². The molecule has 1 N–H and O–H groups in total. The van der Waals surface area contributed by atoms with Crippen LogP contribution in [0.5, 0.6) is 0 Å². The van der Waals surface area contributed by atoms with Crippen LogP contribution in [0.2, 0.25) is 0 Å². The minimum absolute atomic E-state index is 0.216. The van der Waals surface area contributed by atoms with Crippen molar-refractivity contribution >= 4 is 23.4 Å². The predicted molar refractivity (Wildman–Crippen MR) is 104 cm³/mol. The highest BCUT2D eigenvalue weighted by atomic mass is 31.2. The van der Waals surface area contributed by atoms with Crippen LogP contribution in [0.1, 0.15) is 0 Å². The molecule has 3 nitrogen and oxygen atoms in total. The summed E-state index contributed by atoms with van der Waals surface area (Å²) in [6.45, 7) is 0. The van der Waals surface area contributed by atoms with Gasteiger partial charge >= 0.3 is 0 Å². The van der Waals surface area contributed by atoms with Gasteiger partial charge in [0.05, 0.1) is 0 Å². The number of rotatable bonds is 5. The highest BCUT2D eigenvalue weighted by molar-refractivity contribution is 7.82. The summed E-state index contributed by atoms with van der Waals surface area (Å²) in [4.78, 5) is 0. The molecule has 0 fully saturated rings. The molecule has 0 aliphatic carbocycles. The van der Waals surface area contributed by atoms with E-state index in [9.17, 15) is 9.83 Å². The lowest BCUT2D eigenvalue weighted by molar-refractivity contribution is 0.591. The zero-order chi connectivity index (χ0) is 17.5. The molecular formula is C21H17N2OP. The van der Waals surface area contributed by atoms with Gasteiger partial charge in [-0.05, 0) is 12.1 Å². The van der Waals surface area contributed by atoms with Gasteiger partial charge in [-0.2, -0.15) is 5.26 Å². The number of para-hydroxylation sites is 1. The van der Waals surface area contributed by atoms with Gasteiger partial charge in [-0.3, -0.25) is 0 Å². The topological polar surface area (TPSA) is 52.9 Å². The molecule has 0 radical (unpaired) electrons. The van der Waals surface area contributed by atoms with Crippen molar-refractivity contribution in [2.45, 2.75) is 0 Å². The van der Waals surface area contributed by atoms with Gasteiger partial charge in [0.15, 0.2) is 7.14 Å². The van der Waals surface area contributed by atoms with Crippen LogP contribution in [0, 0.1) is 11.3 Å². The van der Waals surface area contributed by atoms with E-state index in [4.69, 9.17) is 0 Å². The molecule has 3 aromatic rings. The normalized spacial score (nSPS) is 11.6. The summed E-state index contributed by atoms with van der Waals surface area (Å²) >= 11 is 0. The van der Waals surface area contributed by atoms with E-state index >= 15 is 0 Å². The Morgan fingerprint density at radius 1 is 0.800 bits per heavy atom. The minimum Gasteiger partial charge on any atom is -0.360 e. The van der Waals surface area contributed by atoms with E-state index in [-0.39, 0.29) is 5.31 Å². The van der Waals surface area contributed by atoms with E-state index in [1.165, 1.54) is 0 Å². The first kappa shape index (κ1) is 16.8. The van der Waals surface area contributed by atoms with Crippen LogP contribution in [0.3, 0.4) is 0 Å². The smallest absolute Gasteiger partial charge is 0.182 e. The first-order valence-electron chi connectivity index (χ1n) is 7.89. The third-order valence-corrected chi connectivity index (χ3v) is 6.80.